The second-order valence-electron chi connectivity index (χ2n) is 5.12. The fraction of sp³-hybridized carbons (Fsp3) is 0.250. The molecule has 0 aromatic heterocycles. The highest BCUT2D eigenvalue weighted by Crippen LogP contribution is 2.25. The summed E-state index contributed by atoms with van der Waals surface area (Å²) >= 11 is 3.39. The molecule has 0 radical (unpaired) electrons. The molecule has 0 aliphatic carbocycles. The molecule has 0 heterocycles. The van der Waals surface area contributed by atoms with E-state index in [0.717, 1.165) is 21.2 Å². The van der Waals surface area contributed by atoms with Crippen molar-refractivity contribution in [2.24, 2.45) is 0 Å². The smallest absolute Gasteiger partial charge is 0.207 e. The minimum Gasteiger partial charge on any atom is -0.207 e. The van der Waals surface area contributed by atoms with E-state index in [-0.39, 0.29) is 6.04 Å². The zero-order valence-corrected chi connectivity index (χ0v) is 14.6. The molecule has 0 saturated carbocycles. The van der Waals surface area contributed by atoms with Gasteiger partial charge >= 0.3 is 0 Å². The van der Waals surface area contributed by atoms with Crippen LogP contribution < -0.4 is 4.72 Å². The molecule has 0 spiro atoms. The van der Waals surface area contributed by atoms with Gasteiger partial charge in [-0.05, 0) is 43.5 Å². The predicted molar refractivity (Wildman–Crippen MR) is 88.8 cm³/mol. The van der Waals surface area contributed by atoms with Crippen molar-refractivity contribution in [2.75, 3.05) is 0 Å². The van der Waals surface area contributed by atoms with Gasteiger partial charge in [0.15, 0.2) is 0 Å². The third-order valence-electron chi connectivity index (χ3n) is 3.38. The van der Waals surface area contributed by atoms with Crippen molar-refractivity contribution < 1.29 is 8.42 Å². The van der Waals surface area contributed by atoms with Gasteiger partial charge in [-0.15, -0.1) is 0 Å². The molecule has 3 nitrogen and oxygen atoms in total. The van der Waals surface area contributed by atoms with Crippen LogP contribution >= 0.6 is 15.9 Å². The topological polar surface area (TPSA) is 46.2 Å². The Hall–Kier alpha value is -1.17. The molecular weight excluding hydrogens is 350 g/mol. The molecule has 0 bridgehead atoms. The van der Waals surface area contributed by atoms with Gasteiger partial charge in [0.05, 0.1) is 4.90 Å². The summed E-state index contributed by atoms with van der Waals surface area (Å²) in [5.74, 6) is 0. The number of hydrogen-bond donors (Lipinski definition) is 1. The van der Waals surface area contributed by atoms with Gasteiger partial charge in [0.25, 0.3) is 0 Å². The molecule has 0 saturated heterocycles. The Labute approximate surface area is 134 Å². The molecule has 2 aromatic carbocycles. The van der Waals surface area contributed by atoms with Crippen LogP contribution in [0.25, 0.3) is 0 Å². The lowest BCUT2D eigenvalue weighted by Crippen LogP contribution is -2.27. The number of hydrogen-bond acceptors (Lipinski definition) is 2. The van der Waals surface area contributed by atoms with Crippen LogP contribution in [-0.4, -0.2) is 8.42 Å². The summed E-state index contributed by atoms with van der Waals surface area (Å²) in [5, 5.41) is 0. The summed E-state index contributed by atoms with van der Waals surface area (Å²) in [4.78, 5) is 0.308. The van der Waals surface area contributed by atoms with Crippen LogP contribution in [0.4, 0.5) is 0 Å². The lowest BCUT2D eigenvalue weighted by molar-refractivity contribution is 0.566. The van der Waals surface area contributed by atoms with E-state index < -0.39 is 10.0 Å². The van der Waals surface area contributed by atoms with Crippen molar-refractivity contribution in [3.05, 3.63) is 63.6 Å². The maximum absolute atomic E-state index is 12.6. The molecule has 2 rings (SSSR count). The lowest BCUT2D eigenvalue weighted by atomic mass is 10.1. The van der Waals surface area contributed by atoms with E-state index in [1.54, 1.807) is 13.0 Å². The highest BCUT2D eigenvalue weighted by atomic mass is 79.9. The zero-order chi connectivity index (χ0) is 15.6. The van der Waals surface area contributed by atoms with Gasteiger partial charge in [0.1, 0.15) is 0 Å². The first-order valence-electron chi connectivity index (χ1n) is 6.65. The Morgan fingerprint density at radius 2 is 1.67 bits per heavy atom. The fourth-order valence-electron chi connectivity index (χ4n) is 2.20. The molecule has 112 valence electrons. The molecular formula is C16H18BrNO2S. The zero-order valence-electron chi connectivity index (χ0n) is 12.2. The van der Waals surface area contributed by atoms with Crippen molar-refractivity contribution in [3.8, 4) is 0 Å². The summed E-state index contributed by atoms with van der Waals surface area (Å²) in [6, 6.07) is 12.8. The summed E-state index contributed by atoms with van der Waals surface area (Å²) in [7, 11) is -3.56. The Bertz CT molecular complexity index is 742. The van der Waals surface area contributed by atoms with Crippen LogP contribution in [0.2, 0.25) is 0 Å². The van der Waals surface area contributed by atoms with Crippen molar-refractivity contribution >= 4 is 26.0 Å². The molecule has 0 aliphatic rings. The third-order valence-corrected chi connectivity index (χ3v) is 5.91. The van der Waals surface area contributed by atoms with Crippen molar-refractivity contribution in [1.29, 1.82) is 0 Å². The molecule has 1 unspecified atom stereocenters. The summed E-state index contributed by atoms with van der Waals surface area (Å²) in [5.41, 5.74) is 2.69. The minimum atomic E-state index is -3.56. The van der Waals surface area contributed by atoms with E-state index in [2.05, 4.69) is 20.7 Å². The highest BCUT2D eigenvalue weighted by molar-refractivity contribution is 9.10. The number of nitrogens with one attached hydrogen (secondary N) is 1. The molecule has 2 aromatic rings. The summed E-state index contributed by atoms with van der Waals surface area (Å²) < 4.78 is 28.7. The van der Waals surface area contributed by atoms with Gasteiger partial charge in [-0.25, -0.2) is 13.1 Å². The Kier molecular flexibility index (Phi) is 4.86. The largest absolute Gasteiger partial charge is 0.241 e. The average Bonchev–Trinajstić information content (AvgIpc) is 2.43. The molecule has 21 heavy (non-hydrogen) atoms. The van der Waals surface area contributed by atoms with Gasteiger partial charge in [-0.1, -0.05) is 52.3 Å². The Morgan fingerprint density at radius 3 is 2.29 bits per heavy atom. The SMILES string of the molecule is Cc1cc(C)c(S(=O)(=O)NC(C)c2ccccc2)cc1Br. The summed E-state index contributed by atoms with van der Waals surface area (Å²) in [6.07, 6.45) is 0. The Balaban J connectivity index is 2.33. The highest BCUT2D eigenvalue weighted by Gasteiger charge is 2.21. The standard InChI is InChI=1S/C16H18BrNO2S/c1-11-9-12(2)16(10-15(11)17)21(19,20)18-13(3)14-7-5-4-6-8-14/h4-10,13,18H,1-3H3. The maximum atomic E-state index is 12.6. The Morgan fingerprint density at radius 1 is 1.05 bits per heavy atom. The average molecular weight is 368 g/mol. The van der Waals surface area contributed by atoms with E-state index in [0.29, 0.717) is 4.90 Å². The third kappa shape index (κ3) is 3.73. The molecule has 0 fully saturated rings. The second kappa shape index (κ2) is 6.30. The molecule has 1 atom stereocenters. The van der Waals surface area contributed by atoms with Crippen molar-refractivity contribution in [2.45, 2.75) is 31.7 Å². The van der Waals surface area contributed by atoms with Gasteiger partial charge in [-0.2, -0.15) is 0 Å². The number of aryl methyl sites for hydroxylation is 2. The monoisotopic (exact) mass is 367 g/mol. The van der Waals surface area contributed by atoms with E-state index in [1.165, 1.54) is 0 Å². The fourth-order valence-corrected chi connectivity index (χ4v) is 4.18. The number of benzene rings is 2. The van der Waals surface area contributed by atoms with Gasteiger partial charge in [0, 0.05) is 10.5 Å². The van der Waals surface area contributed by atoms with Crippen molar-refractivity contribution in [1.82, 2.24) is 4.72 Å². The lowest BCUT2D eigenvalue weighted by Gasteiger charge is -2.16. The molecule has 0 aliphatic heterocycles. The number of halogens is 1. The van der Waals surface area contributed by atoms with Crippen LogP contribution in [0.15, 0.2) is 51.8 Å². The maximum Gasteiger partial charge on any atom is 0.241 e. The number of sulfonamides is 1. The molecule has 1 N–H and O–H groups in total. The van der Waals surface area contributed by atoms with Gasteiger partial charge in [-0.3, -0.25) is 0 Å². The van der Waals surface area contributed by atoms with E-state index in [4.69, 9.17) is 0 Å². The van der Waals surface area contributed by atoms with E-state index >= 15 is 0 Å². The van der Waals surface area contributed by atoms with E-state index in [9.17, 15) is 8.42 Å². The molecule has 5 heteroatoms. The van der Waals surface area contributed by atoms with Crippen LogP contribution in [0.1, 0.15) is 29.7 Å². The number of rotatable bonds is 4. The van der Waals surface area contributed by atoms with Crippen molar-refractivity contribution in [3.63, 3.8) is 0 Å². The van der Waals surface area contributed by atoms with Crippen LogP contribution in [0.5, 0.6) is 0 Å². The first kappa shape index (κ1) is 16.2. The summed E-state index contributed by atoms with van der Waals surface area (Å²) in [6.45, 7) is 5.58. The second-order valence-corrected chi connectivity index (χ2v) is 7.66. The van der Waals surface area contributed by atoms with E-state index in [1.807, 2.05) is 50.2 Å². The van der Waals surface area contributed by atoms with Gasteiger partial charge in [0.2, 0.25) is 10.0 Å². The minimum absolute atomic E-state index is 0.282. The molecule has 0 amide bonds. The quantitative estimate of drug-likeness (QED) is 0.883. The van der Waals surface area contributed by atoms with Crippen LogP contribution in [0.3, 0.4) is 0 Å². The van der Waals surface area contributed by atoms with Gasteiger partial charge < -0.3 is 0 Å². The van der Waals surface area contributed by atoms with Crippen LogP contribution in [-0.2, 0) is 10.0 Å². The first-order chi connectivity index (χ1) is 9.81. The first-order valence-corrected chi connectivity index (χ1v) is 8.93. The predicted octanol–water partition coefficient (Wildman–Crippen LogP) is 4.11. The van der Waals surface area contributed by atoms with Crippen LogP contribution in [0, 0.1) is 13.8 Å². The normalized spacial score (nSPS) is 13.1.